The molecule has 0 N–H and O–H groups in total. The predicted molar refractivity (Wildman–Crippen MR) is 49.7 cm³/mol. The zero-order valence-electron chi connectivity index (χ0n) is 8.18. The van der Waals surface area contributed by atoms with E-state index in [0.717, 1.165) is 13.2 Å². The Balaban J connectivity index is 0.0000000875. The Morgan fingerprint density at radius 1 is 0.615 bits per heavy atom. The fraction of sp³-hybridized carbons (Fsp3) is 1.00. The maximum atomic E-state index is 5.26. The highest BCUT2D eigenvalue weighted by atomic mass is 16.6. The summed E-state index contributed by atoms with van der Waals surface area (Å²) >= 11 is 0. The lowest BCUT2D eigenvalue weighted by molar-refractivity contribution is 0.200. The highest BCUT2D eigenvalue weighted by Gasteiger charge is 2.49. The highest BCUT2D eigenvalue weighted by molar-refractivity contribution is 4.99. The summed E-state index contributed by atoms with van der Waals surface area (Å²) in [6.45, 7) is 2.12. The molecule has 13 heavy (non-hydrogen) atoms. The summed E-state index contributed by atoms with van der Waals surface area (Å²) < 4.78 is 10.4. The van der Waals surface area contributed by atoms with Crippen molar-refractivity contribution in [2.75, 3.05) is 13.2 Å². The van der Waals surface area contributed by atoms with Gasteiger partial charge in [0.05, 0.1) is 24.4 Å². The molecule has 0 radical (unpaired) electrons. The molecule has 0 aromatic carbocycles. The summed E-state index contributed by atoms with van der Waals surface area (Å²) in [5.41, 5.74) is 0.917. The molecule has 0 atom stereocenters. The Kier molecular flexibility index (Phi) is 1.72. The standard InChI is InChI=1S/C6H10O.C5H8O/c1-2-4-6(3-1)5-7-6;1-2-5(3-1)4-6-5/h1-5H2;1-4H2. The van der Waals surface area contributed by atoms with Gasteiger partial charge in [-0.15, -0.1) is 0 Å². The summed E-state index contributed by atoms with van der Waals surface area (Å²) in [6.07, 6.45) is 9.57. The van der Waals surface area contributed by atoms with E-state index in [4.69, 9.17) is 9.47 Å². The Bertz CT molecular complexity index is 190. The third kappa shape index (κ3) is 1.62. The summed E-state index contributed by atoms with van der Waals surface area (Å²) in [5, 5.41) is 0. The summed E-state index contributed by atoms with van der Waals surface area (Å²) in [4.78, 5) is 0. The molecular formula is C11H18O2. The maximum absolute atomic E-state index is 5.26. The summed E-state index contributed by atoms with van der Waals surface area (Å²) in [6, 6.07) is 0. The van der Waals surface area contributed by atoms with E-state index in [9.17, 15) is 0 Å². The van der Waals surface area contributed by atoms with Gasteiger partial charge in [-0.2, -0.15) is 0 Å². The van der Waals surface area contributed by atoms with Crippen molar-refractivity contribution in [3.05, 3.63) is 0 Å². The minimum absolute atomic E-state index is 0.444. The van der Waals surface area contributed by atoms with Crippen LogP contribution in [0.2, 0.25) is 0 Å². The number of hydrogen-bond donors (Lipinski definition) is 0. The van der Waals surface area contributed by atoms with Gasteiger partial charge >= 0.3 is 0 Å². The first-order chi connectivity index (χ1) is 6.33. The first kappa shape index (κ1) is 8.25. The quantitative estimate of drug-likeness (QED) is 0.537. The van der Waals surface area contributed by atoms with Crippen LogP contribution < -0.4 is 0 Å². The van der Waals surface area contributed by atoms with Gasteiger partial charge in [-0.3, -0.25) is 0 Å². The molecule has 4 fully saturated rings. The van der Waals surface area contributed by atoms with Crippen molar-refractivity contribution >= 4 is 0 Å². The Hall–Kier alpha value is -0.0800. The van der Waals surface area contributed by atoms with Gasteiger partial charge in [0.1, 0.15) is 0 Å². The van der Waals surface area contributed by atoms with Crippen LogP contribution in [0.3, 0.4) is 0 Å². The van der Waals surface area contributed by atoms with Gasteiger partial charge in [-0.05, 0) is 32.1 Å². The minimum Gasteiger partial charge on any atom is -0.370 e. The Morgan fingerprint density at radius 3 is 1.15 bits per heavy atom. The topological polar surface area (TPSA) is 25.1 Å². The number of rotatable bonds is 0. The van der Waals surface area contributed by atoms with E-state index in [1.807, 2.05) is 0 Å². The molecule has 4 aliphatic rings. The van der Waals surface area contributed by atoms with E-state index < -0.39 is 0 Å². The smallest absolute Gasteiger partial charge is 0.0916 e. The van der Waals surface area contributed by atoms with Crippen LogP contribution in [0, 0.1) is 0 Å². The van der Waals surface area contributed by atoms with Crippen LogP contribution in [0.5, 0.6) is 0 Å². The number of ether oxygens (including phenoxy) is 2. The Morgan fingerprint density at radius 2 is 1.00 bits per heavy atom. The molecule has 2 heterocycles. The molecule has 0 unspecified atom stereocenters. The molecule has 2 aliphatic heterocycles. The van der Waals surface area contributed by atoms with Crippen molar-refractivity contribution in [1.29, 1.82) is 0 Å². The molecule has 2 saturated carbocycles. The van der Waals surface area contributed by atoms with E-state index in [1.165, 1.54) is 44.9 Å². The maximum Gasteiger partial charge on any atom is 0.0916 e. The van der Waals surface area contributed by atoms with Crippen molar-refractivity contribution in [3.8, 4) is 0 Å². The lowest BCUT2D eigenvalue weighted by Crippen LogP contribution is -2.20. The second-order valence-corrected chi connectivity index (χ2v) is 5.00. The van der Waals surface area contributed by atoms with Gasteiger partial charge in [0.15, 0.2) is 0 Å². The summed E-state index contributed by atoms with van der Waals surface area (Å²) in [7, 11) is 0. The lowest BCUT2D eigenvalue weighted by atomic mass is 9.86. The lowest BCUT2D eigenvalue weighted by Gasteiger charge is -2.19. The second kappa shape index (κ2) is 2.71. The van der Waals surface area contributed by atoms with Crippen LogP contribution in [-0.4, -0.2) is 24.4 Å². The SMILES string of the molecule is C1CC2(C1)CO2.C1CCC2(C1)CO2. The molecule has 0 amide bonds. The van der Waals surface area contributed by atoms with E-state index in [0.29, 0.717) is 11.2 Å². The van der Waals surface area contributed by atoms with Gasteiger partial charge in [0, 0.05) is 0 Å². The van der Waals surface area contributed by atoms with Crippen LogP contribution in [-0.2, 0) is 9.47 Å². The highest BCUT2D eigenvalue weighted by Crippen LogP contribution is 2.45. The fourth-order valence-electron chi connectivity index (χ4n) is 2.37. The molecule has 0 aromatic rings. The van der Waals surface area contributed by atoms with Crippen LogP contribution >= 0.6 is 0 Å². The monoisotopic (exact) mass is 182 g/mol. The van der Waals surface area contributed by atoms with E-state index in [-0.39, 0.29) is 0 Å². The van der Waals surface area contributed by atoms with Gasteiger partial charge in [0.2, 0.25) is 0 Å². The molecule has 2 saturated heterocycles. The van der Waals surface area contributed by atoms with Crippen LogP contribution in [0.15, 0.2) is 0 Å². The average Bonchev–Trinajstić information content (AvgIpc) is 2.88. The normalized spacial score (nSPS) is 35.1. The zero-order valence-corrected chi connectivity index (χ0v) is 8.18. The third-order valence-corrected chi connectivity index (χ3v) is 3.88. The molecule has 74 valence electrons. The van der Waals surface area contributed by atoms with E-state index in [1.54, 1.807) is 0 Å². The van der Waals surface area contributed by atoms with Crippen molar-refractivity contribution in [1.82, 2.24) is 0 Å². The molecule has 2 heteroatoms. The first-order valence-electron chi connectivity index (χ1n) is 5.61. The number of hydrogen-bond acceptors (Lipinski definition) is 2. The second-order valence-electron chi connectivity index (χ2n) is 5.00. The van der Waals surface area contributed by atoms with Crippen molar-refractivity contribution in [2.24, 2.45) is 0 Å². The summed E-state index contributed by atoms with van der Waals surface area (Å²) in [5.74, 6) is 0. The molecular weight excluding hydrogens is 164 g/mol. The van der Waals surface area contributed by atoms with E-state index in [2.05, 4.69) is 0 Å². The van der Waals surface area contributed by atoms with Crippen molar-refractivity contribution < 1.29 is 9.47 Å². The molecule has 0 aromatic heterocycles. The zero-order chi connectivity index (χ0) is 8.78. The molecule has 2 aliphatic carbocycles. The average molecular weight is 182 g/mol. The first-order valence-corrected chi connectivity index (χ1v) is 5.61. The largest absolute Gasteiger partial charge is 0.370 e. The van der Waals surface area contributed by atoms with Crippen molar-refractivity contribution in [2.45, 2.75) is 56.1 Å². The predicted octanol–water partition coefficient (Wildman–Crippen LogP) is 2.27. The Labute approximate surface area is 79.6 Å². The molecule has 0 bridgehead atoms. The third-order valence-electron chi connectivity index (χ3n) is 3.88. The minimum atomic E-state index is 0.444. The molecule has 2 nitrogen and oxygen atoms in total. The van der Waals surface area contributed by atoms with Crippen LogP contribution in [0.1, 0.15) is 44.9 Å². The fourth-order valence-corrected chi connectivity index (χ4v) is 2.37. The van der Waals surface area contributed by atoms with Gasteiger partial charge < -0.3 is 9.47 Å². The number of epoxide rings is 2. The van der Waals surface area contributed by atoms with Gasteiger partial charge in [0.25, 0.3) is 0 Å². The van der Waals surface area contributed by atoms with Gasteiger partial charge in [-0.1, -0.05) is 12.8 Å². The van der Waals surface area contributed by atoms with E-state index >= 15 is 0 Å². The molecule has 4 rings (SSSR count). The van der Waals surface area contributed by atoms with Gasteiger partial charge in [-0.25, -0.2) is 0 Å². The van der Waals surface area contributed by atoms with Crippen LogP contribution in [0.25, 0.3) is 0 Å². The van der Waals surface area contributed by atoms with Crippen LogP contribution in [0.4, 0.5) is 0 Å². The van der Waals surface area contributed by atoms with Crippen molar-refractivity contribution in [3.63, 3.8) is 0 Å². The molecule has 2 spiro atoms.